The average molecular weight is 393 g/mol. The van der Waals surface area contributed by atoms with Crippen LogP contribution < -0.4 is 15.0 Å². The fourth-order valence-electron chi connectivity index (χ4n) is 3.85. The minimum atomic E-state index is 0.322. The molecule has 0 radical (unpaired) electrons. The lowest BCUT2D eigenvalue weighted by atomic mass is 10.1. The Labute approximate surface area is 171 Å². The topological polar surface area (TPSA) is 24.5 Å². The number of nitrogens with zero attached hydrogens (tertiary/aromatic N) is 1. The van der Waals surface area contributed by atoms with Crippen molar-refractivity contribution < 1.29 is 4.74 Å². The van der Waals surface area contributed by atoms with Crippen molar-refractivity contribution in [3.05, 3.63) is 88.4 Å². The number of ether oxygens (including phenoxy) is 1. The van der Waals surface area contributed by atoms with Crippen molar-refractivity contribution in [3.8, 4) is 5.75 Å². The number of rotatable bonds is 6. The Bertz CT molecular complexity index is 955. The second-order valence-electron chi connectivity index (χ2n) is 7.33. The van der Waals surface area contributed by atoms with Gasteiger partial charge in [0.15, 0.2) is 0 Å². The maximum atomic E-state index is 6.14. The largest absolute Gasteiger partial charge is 0.497 e. The average Bonchev–Trinajstić information content (AvgIpc) is 3.10. The molecule has 28 heavy (non-hydrogen) atoms. The van der Waals surface area contributed by atoms with Crippen molar-refractivity contribution in [2.24, 2.45) is 0 Å². The molecule has 1 N–H and O–H groups in total. The minimum absolute atomic E-state index is 0.322. The number of benzene rings is 3. The van der Waals surface area contributed by atoms with Crippen LogP contribution in [-0.2, 0) is 13.0 Å². The summed E-state index contributed by atoms with van der Waals surface area (Å²) in [7, 11) is 3.83. The van der Waals surface area contributed by atoms with E-state index in [0.717, 1.165) is 35.8 Å². The fraction of sp³-hybridized carbons (Fsp3) is 0.250. The molecule has 144 valence electrons. The van der Waals surface area contributed by atoms with E-state index in [0.29, 0.717) is 6.04 Å². The number of nitrogens with one attached hydrogen (secondary N) is 1. The van der Waals surface area contributed by atoms with E-state index < -0.39 is 0 Å². The lowest BCUT2D eigenvalue weighted by Crippen LogP contribution is -2.17. The predicted molar refractivity (Wildman–Crippen MR) is 118 cm³/mol. The Morgan fingerprint density at radius 2 is 1.89 bits per heavy atom. The predicted octanol–water partition coefficient (Wildman–Crippen LogP) is 6.08. The maximum Gasteiger partial charge on any atom is 0.118 e. The highest BCUT2D eigenvalue weighted by atomic mass is 35.5. The number of aryl methyl sites for hydroxylation is 1. The zero-order chi connectivity index (χ0) is 19.5. The maximum absolute atomic E-state index is 6.14. The molecule has 4 rings (SSSR count). The lowest BCUT2D eigenvalue weighted by Gasteiger charge is -2.22. The molecular formula is C24H25ClN2O. The summed E-state index contributed by atoms with van der Waals surface area (Å²) in [5.41, 5.74) is 6.38. The smallest absolute Gasteiger partial charge is 0.118 e. The van der Waals surface area contributed by atoms with Gasteiger partial charge in [0.2, 0.25) is 0 Å². The van der Waals surface area contributed by atoms with E-state index in [1.165, 1.54) is 22.4 Å². The van der Waals surface area contributed by atoms with Crippen molar-refractivity contribution in [2.75, 3.05) is 24.4 Å². The van der Waals surface area contributed by atoms with Gasteiger partial charge < -0.3 is 15.0 Å². The van der Waals surface area contributed by atoms with Crippen LogP contribution in [0.2, 0.25) is 5.02 Å². The lowest BCUT2D eigenvalue weighted by molar-refractivity contribution is 0.414. The van der Waals surface area contributed by atoms with Crippen LogP contribution in [0.5, 0.6) is 5.75 Å². The van der Waals surface area contributed by atoms with Gasteiger partial charge in [0, 0.05) is 30.0 Å². The second kappa shape index (κ2) is 8.15. The number of fused-ring (bicyclic) bond motifs is 1. The monoisotopic (exact) mass is 392 g/mol. The molecule has 0 saturated carbocycles. The van der Waals surface area contributed by atoms with E-state index in [-0.39, 0.29) is 0 Å². The van der Waals surface area contributed by atoms with Crippen molar-refractivity contribution in [1.82, 2.24) is 0 Å². The van der Waals surface area contributed by atoms with E-state index >= 15 is 0 Å². The van der Waals surface area contributed by atoms with Crippen LogP contribution in [0, 0.1) is 0 Å². The van der Waals surface area contributed by atoms with Crippen LogP contribution in [0.25, 0.3) is 0 Å². The molecule has 3 aromatic carbocycles. The third kappa shape index (κ3) is 4.10. The highest BCUT2D eigenvalue weighted by Gasteiger charge is 2.23. The molecular weight excluding hydrogens is 368 g/mol. The van der Waals surface area contributed by atoms with Gasteiger partial charge in [0.05, 0.1) is 13.2 Å². The fourth-order valence-corrected chi connectivity index (χ4v) is 4.04. The SMILES string of the molecule is COc1ccc(CN(C)c2ccc3c(c2)[C@H](Nc2cccc(Cl)c2)CC3)cc1. The summed E-state index contributed by atoms with van der Waals surface area (Å²) in [6.07, 6.45) is 2.21. The highest BCUT2D eigenvalue weighted by molar-refractivity contribution is 6.30. The van der Waals surface area contributed by atoms with Gasteiger partial charge in [-0.3, -0.25) is 0 Å². The third-order valence-corrected chi connectivity index (χ3v) is 5.63. The summed E-state index contributed by atoms with van der Waals surface area (Å²) < 4.78 is 5.25. The molecule has 0 heterocycles. The zero-order valence-electron chi connectivity index (χ0n) is 16.3. The number of halogens is 1. The molecule has 0 spiro atoms. The van der Waals surface area contributed by atoms with Crippen LogP contribution in [0.3, 0.4) is 0 Å². The minimum Gasteiger partial charge on any atom is -0.497 e. The first-order chi connectivity index (χ1) is 13.6. The van der Waals surface area contributed by atoms with Crippen LogP contribution in [0.15, 0.2) is 66.7 Å². The van der Waals surface area contributed by atoms with Gasteiger partial charge >= 0.3 is 0 Å². The molecule has 4 heteroatoms. The Morgan fingerprint density at radius 1 is 1.07 bits per heavy atom. The van der Waals surface area contributed by atoms with Gasteiger partial charge in [-0.15, -0.1) is 0 Å². The Balaban J connectivity index is 1.50. The molecule has 0 aromatic heterocycles. The molecule has 3 aromatic rings. The first-order valence-electron chi connectivity index (χ1n) is 9.61. The van der Waals surface area contributed by atoms with E-state index in [2.05, 4.69) is 53.7 Å². The number of hydrogen-bond donors (Lipinski definition) is 1. The molecule has 0 aliphatic heterocycles. The standard InChI is InChI=1S/C24H25ClN2O/c1-27(16-17-6-11-22(28-2)12-7-17)21-10-8-18-9-13-24(23(18)15-21)26-20-5-3-4-19(25)14-20/h3-8,10-12,14-15,24,26H,9,13,16H2,1-2H3/t24-/m1/s1. The molecule has 0 bridgehead atoms. The molecule has 0 fully saturated rings. The van der Waals surface area contributed by atoms with Crippen molar-refractivity contribution in [3.63, 3.8) is 0 Å². The molecule has 1 aliphatic carbocycles. The molecule has 1 aliphatic rings. The molecule has 3 nitrogen and oxygen atoms in total. The quantitative estimate of drug-likeness (QED) is 0.549. The van der Waals surface area contributed by atoms with Gasteiger partial charge in [-0.25, -0.2) is 0 Å². The summed E-state index contributed by atoms with van der Waals surface area (Å²) in [6, 6.07) is 23.4. The van der Waals surface area contributed by atoms with Gasteiger partial charge in [0.25, 0.3) is 0 Å². The highest BCUT2D eigenvalue weighted by Crippen LogP contribution is 2.36. The summed E-state index contributed by atoms with van der Waals surface area (Å²) in [5, 5.41) is 4.41. The van der Waals surface area contributed by atoms with E-state index in [9.17, 15) is 0 Å². The third-order valence-electron chi connectivity index (χ3n) is 5.39. The van der Waals surface area contributed by atoms with Crippen LogP contribution >= 0.6 is 11.6 Å². The van der Waals surface area contributed by atoms with Crippen LogP contribution in [0.1, 0.15) is 29.2 Å². The molecule has 0 unspecified atom stereocenters. The van der Waals surface area contributed by atoms with E-state index in [4.69, 9.17) is 16.3 Å². The van der Waals surface area contributed by atoms with Gasteiger partial charge in [0.1, 0.15) is 5.75 Å². The van der Waals surface area contributed by atoms with Crippen LogP contribution in [0.4, 0.5) is 11.4 Å². The Hall–Kier alpha value is -2.65. The zero-order valence-corrected chi connectivity index (χ0v) is 17.0. The van der Waals surface area contributed by atoms with Gasteiger partial charge in [-0.2, -0.15) is 0 Å². The second-order valence-corrected chi connectivity index (χ2v) is 7.77. The van der Waals surface area contributed by atoms with Crippen molar-refractivity contribution in [2.45, 2.75) is 25.4 Å². The summed E-state index contributed by atoms with van der Waals surface area (Å²) in [6.45, 7) is 0.856. The first kappa shape index (κ1) is 18.7. The van der Waals surface area contributed by atoms with Crippen molar-refractivity contribution in [1.29, 1.82) is 0 Å². The van der Waals surface area contributed by atoms with E-state index in [1.54, 1.807) is 7.11 Å². The molecule has 0 amide bonds. The summed E-state index contributed by atoms with van der Waals surface area (Å²) in [5.74, 6) is 0.888. The van der Waals surface area contributed by atoms with E-state index in [1.807, 2.05) is 30.3 Å². The van der Waals surface area contributed by atoms with Gasteiger partial charge in [-0.1, -0.05) is 35.9 Å². The van der Waals surface area contributed by atoms with Crippen LogP contribution in [-0.4, -0.2) is 14.2 Å². The summed E-state index contributed by atoms with van der Waals surface area (Å²) in [4.78, 5) is 2.29. The summed E-state index contributed by atoms with van der Waals surface area (Å²) >= 11 is 6.14. The van der Waals surface area contributed by atoms with Gasteiger partial charge in [-0.05, 0) is 72.0 Å². The first-order valence-corrected chi connectivity index (χ1v) is 9.99. The number of anilines is 2. The molecule has 1 atom stereocenters. The Kier molecular flexibility index (Phi) is 5.45. The van der Waals surface area contributed by atoms with Crippen molar-refractivity contribution >= 4 is 23.0 Å². The number of methoxy groups -OCH3 is 1. The number of hydrogen-bond acceptors (Lipinski definition) is 3. The normalized spacial score (nSPS) is 15.2. The molecule has 0 saturated heterocycles. The Morgan fingerprint density at radius 3 is 2.64 bits per heavy atom.